The molecule has 3 N–H and O–H groups in total. The summed E-state index contributed by atoms with van der Waals surface area (Å²) in [6.45, 7) is 6.54. The number of rotatable bonds is 1. The molecule has 2 nitrogen and oxygen atoms in total. The van der Waals surface area contributed by atoms with Crippen LogP contribution >= 0.6 is 0 Å². The van der Waals surface area contributed by atoms with Crippen LogP contribution in [0.2, 0.25) is 0 Å². The average Bonchev–Trinajstić information content (AvgIpc) is 2.44. The Kier molecular flexibility index (Phi) is 1.99. The van der Waals surface area contributed by atoms with E-state index in [4.69, 9.17) is 5.73 Å². The third kappa shape index (κ3) is 1.27. The first-order valence-corrected chi connectivity index (χ1v) is 4.97. The van der Waals surface area contributed by atoms with Gasteiger partial charge >= 0.3 is 0 Å². The summed E-state index contributed by atoms with van der Waals surface area (Å²) in [5.41, 5.74) is 10.4. The highest BCUT2D eigenvalue weighted by atomic mass is 14.7. The number of aromatic amines is 1. The molecule has 0 saturated carbocycles. The van der Waals surface area contributed by atoms with Gasteiger partial charge in [-0.3, -0.25) is 0 Å². The molecular formula is C12H16N2. The van der Waals surface area contributed by atoms with E-state index >= 15 is 0 Å². The summed E-state index contributed by atoms with van der Waals surface area (Å²) < 4.78 is 0. The van der Waals surface area contributed by atoms with Gasteiger partial charge in [0.05, 0.1) is 0 Å². The minimum absolute atomic E-state index is 0.531. The smallest absolute Gasteiger partial charge is 0.0460 e. The predicted molar refractivity (Wildman–Crippen MR) is 61.5 cm³/mol. The maximum absolute atomic E-state index is 5.76. The van der Waals surface area contributed by atoms with Gasteiger partial charge in [0, 0.05) is 22.3 Å². The van der Waals surface area contributed by atoms with Crippen LogP contribution in [0.1, 0.15) is 31.0 Å². The molecule has 14 heavy (non-hydrogen) atoms. The van der Waals surface area contributed by atoms with E-state index in [1.54, 1.807) is 0 Å². The zero-order valence-corrected chi connectivity index (χ0v) is 8.89. The Balaban J connectivity index is 2.74. The van der Waals surface area contributed by atoms with E-state index in [2.05, 4.69) is 25.8 Å². The first-order chi connectivity index (χ1) is 6.59. The van der Waals surface area contributed by atoms with Crippen molar-refractivity contribution in [2.75, 3.05) is 5.73 Å². The molecule has 0 atom stereocenters. The van der Waals surface area contributed by atoms with Crippen molar-refractivity contribution in [1.29, 1.82) is 0 Å². The normalized spacial score (nSPS) is 11.4. The van der Waals surface area contributed by atoms with Crippen LogP contribution in [0.25, 0.3) is 10.9 Å². The molecule has 2 rings (SSSR count). The number of nitrogens with two attached hydrogens (primary N) is 1. The van der Waals surface area contributed by atoms with Crippen LogP contribution in [0.5, 0.6) is 0 Å². The zero-order chi connectivity index (χ0) is 10.3. The Bertz CT molecular complexity index is 466. The molecule has 0 aliphatic heterocycles. The number of fused-ring (bicyclic) bond motifs is 1. The summed E-state index contributed by atoms with van der Waals surface area (Å²) in [7, 11) is 0. The first-order valence-electron chi connectivity index (χ1n) is 4.97. The van der Waals surface area contributed by atoms with Gasteiger partial charge in [-0.25, -0.2) is 0 Å². The number of nitrogen functional groups attached to an aromatic ring is 1. The van der Waals surface area contributed by atoms with Crippen molar-refractivity contribution in [2.45, 2.75) is 26.7 Å². The number of nitrogens with one attached hydrogen (secondary N) is 1. The summed E-state index contributed by atoms with van der Waals surface area (Å²) >= 11 is 0. The summed E-state index contributed by atoms with van der Waals surface area (Å²) in [5.74, 6) is 0.531. The zero-order valence-electron chi connectivity index (χ0n) is 8.89. The van der Waals surface area contributed by atoms with Gasteiger partial charge in [0.25, 0.3) is 0 Å². The average molecular weight is 188 g/mol. The lowest BCUT2D eigenvalue weighted by Gasteiger charge is -2.02. The second kappa shape index (κ2) is 3.05. The molecule has 0 fully saturated rings. The van der Waals surface area contributed by atoms with Crippen LogP contribution in [0.15, 0.2) is 18.2 Å². The van der Waals surface area contributed by atoms with Crippen LogP contribution in [0.3, 0.4) is 0 Å². The van der Waals surface area contributed by atoms with Gasteiger partial charge in [0.2, 0.25) is 0 Å². The molecule has 2 heteroatoms. The molecule has 1 aromatic carbocycles. The number of H-pyrrole nitrogens is 1. The maximum Gasteiger partial charge on any atom is 0.0460 e. The molecule has 0 saturated heterocycles. The molecule has 0 aliphatic rings. The van der Waals surface area contributed by atoms with E-state index in [9.17, 15) is 0 Å². The van der Waals surface area contributed by atoms with Crippen LogP contribution in [-0.4, -0.2) is 4.98 Å². The summed E-state index contributed by atoms with van der Waals surface area (Å²) in [4.78, 5) is 3.43. The molecular weight excluding hydrogens is 172 g/mol. The van der Waals surface area contributed by atoms with E-state index < -0.39 is 0 Å². The molecule has 0 spiro atoms. The Labute approximate surface area is 84.1 Å². The highest BCUT2D eigenvalue weighted by Gasteiger charge is 2.09. The van der Waals surface area contributed by atoms with Crippen molar-refractivity contribution in [3.05, 3.63) is 29.5 Å². The van der Waals surface area contributed by atoms with E-state index in [1.165, 1.54) is 22.2 Å². The van der Waals surface area contributed by atoms with Gasteiger partial charge in [-0.1, -0.05) is 13.8 Å². The van der Waals surface area contributed by atoms with Crippen molar-refractivity contribution >= 4 is 16.6 Å². The highest BCUT2D eigenvalue weighted by Crippen LogP contribution is 2.27. The lowest BCUT2D eigenvalue weighted by molar-refractivity contribution is 0.828. The topological polar surface area (TPSA) is 41.8 Å². The number of hydrogen-bond donors (Lipinski definition) is 2. The second-order valence-corrected chi connectivity index (χ2v) is 4.12. The lowest BCUT2D eigenvalue weighted by Crippen LogP contribution is -1.88. The van der Waals surface area contributed by atoms with Crippen LogP contribution in [0, 0.1) is 6.92 Å². The fourth-order valence-corrected chi connectivity index (χ4v) is 1.94. The third-order valence-corrected chi connectivity index (χ3v) is 2.70. The molecule has 0 aliphatic carbocycles. The Morgan fingerprint density at radius 3 is 2.64 bits per heavy atom. The highest BCUT2D eigenvalue weighted by molar-refractivity contribution is 5.87. The Hall–Kier alpha value is -1.44. The number of benzene rings is 1. The molecule has 0 radical (unpaired) electrons. The number of hydrogen-bond acceptors (Lipinski definition) is 1. The molecule has 0 unspecified atom stereocenters. The van der Waals surface area contributed by atoms with E-state index in [-0.39, 0.29) is 0 Å². The van der Waals surface area contributed by atoms with Crippen LogP contribution in [-0.2, 0) is 0 Å². The Morgan fingerprint density at radius 2 is 2.00 bits per heavy atom. The van der Waals surface area contributed by atoms with Crippen molar-refractivity contribution in [3.63, 3.8) is 0 Å². The number of aryl methyl sites for hydroxylation is 1. The lowest BCUT2D eigenvalue weighted by atomic mass is 10.0. The van der Waals surface area contributed by atoms with Crippen LogP contribution < -0.4 is 5.73 Å². The van der Waals surface area contributed by atoms with Crippen LogP contribution in [0.4, 0.5) is 5.69 Å². The van der Waals surface area contributed by atoms with Gasteiger partial charge in [-0.2, -0.15) is 0 Å². The first kappa shape index (κ1) is 9.13. The quantitative estimate of drug-likeness (QED) is 0.663. The molecule has 0 amide bonds. The predicted octanol–water partition coefficient (Wildman–Crippen LogP) is 3.18. The van der Waals surface area contributed by atoms with Gasteiger partial charge in [-0.15, -0.1) is 0 Å². The van der Waals surface area contributed by atoms with E-state index in [0.29, 0.717) is 5.92 Å². The summed E-state index contributed by atoms with van der Waals surface area (Å²) in [6, 6.07) is 6.01. The Morgan fingerprint density at radius 1 is 1.29 bits per heavy atom. The largest absolute Gasteiger partial charge is 0.399 e. The van der Waals surface area contributed by atoms with Gasteiger partial charge in [-0.05, 0) is 36.6 Å². The maximum atomic E-state index is 5.76. The molecule has 1 aromatic heterocycles. The van der Waals surface area contributed by atoms with Crippen molar-refractivity contribution in [2.24, 2.45) is 0 Å². The third-order valence-electron chi connectivity index (χ3n) is 2.70. The molecule has 74 valence electrons. The molecule has 1 heterocycles. The minimum Gasteiger partial charge on any atom is -0.399 e. The van der Waals surface area contributed by atoms with Crippen molar-refractivity contribution in [3.8, 4) is 0 Å². The van der Waals surface area contributed by atoms with Gasteiger partial charge < -0.3 is 10.7 Å². The summed E-state index contributed by atoms with van der Waals surface area (Å²) in [6.07, 6.45) is 0. The van der Waals surface area contributed by atoms with Crippen molar-refractivity contribution < 1.29 is 0 Å². The molecule has 2 aromatic rings. The minimum atomic E-state index is 0.531. The van der Waals surface area contributed by atoms with Gasteiger partial charge in [0.15, 0.2) is 0 Å². The number of anilines is 1. The summed E-state index contributed by atoms with van der Waals surface area (Å²) in [5, 5.41) is 1.24. The molecule has 0 bridgehead atoms. The van der Waals surface area contributed by atoms with E-state index in [0.717, 1.165) is 5.69 Å². The fourth-order valence-electron chi connectivity index (χ4n) is 1.94. The fraction of sp³-hybridized carbons (Fsp3) is 0.333. The monoisotopic (exact) mass is 188 g/mol. The number of aromatic nitrogens is 1. The standard InChI is InChI=1S/C12H16N2/c1-7(2)12-8(3)10-6-9(13)4-5-11(10)14-12/h4-7,14H,13H2,1-3H3. The SMILES string of the molecule is Cc1c(C(C)C)[nH]c2ccc(N)cc12. The van der Waals surface area contributed by atoms with Crippen molar-refractivity contribution in [1.82, 2.24) is 4.98 Å². The van der Waals surface area contributed by atoms with E-state index in [1.807, 2.05) is 18.2 Å². The van der Waals surface area contributed by atoms with Gasteiger partial charge in [0.1, 0.15) is 0 Å². The second-order valence-electron chi connectivity index (χ2n) is 4.12.